The zero-order chi connectivity index (χ0) is 25.8. The Morgan fingerprint density at radius 3 is 2.49 bits per heavy atom. The van der Waals surface area contributed by atoms with E-state index in [9.17, 15) is 9.59 Å². The first kappa shape index (κ1) is 24.6. The lowest BCUT2D eigenvalue weighted by molar-refractivity contribution is 0.0519. The van der Waals surface area contributed by atoms with Gasteiger partial charge in [0.2, 0.25) is 0 Å². The quantitative estimate of drug-likeness (QED) is 0.364. The molecule has 190 valence electrons. The highest BCUT2D eigenvalue weighted by atomic mass is 16.3. The van der Waals surface area contributed by atoms with Gasteiger partial charge in [0.25, 0.3) is 11.8 Å². The molecule has 1 aliphatic heterocycles. The minimum Gasteiger partial charge on any atom is -0.464 e. The van der Waals surface area contributed by atoms with Gasteiger partial charge >= 0.3 is 0 Å². The van der Waals surface area contributed by atoms with Gasteiger partial charge in [-0.25, -0.2) is 0 Å². The minimum absolute atomic E-state index is 0.0106. The summed E-state index contributed by atoms with van der Waals surface area (Å²) in [5.74, 6) is 0.980. The van der Waals surface area contributed by atoms with E-state index < -0.39 is 0 Å². The van der Waals surface area contributed by atoms with Crippen molar-refractivity contribution in [3.8, 4) is 11.3 Å². The fourth-order valence-corrected chi connectivity index (χ4v) is 5.25. The summed E-state index contributed by atoms with van der Waals surface area (Å²) in [4.78, 5) is 30.4. The fourth-order valence-electron chi connectivity index (χ4n) is 5.25. The number of likely N-dealkylation sites (N-methyl/N-ethyl adjacent to an activating group) is 1. The third-order valence-electron chi connectivity index (χ3n) is 7.32. The number of furan rings is 1. The van der Waals surface area contributed by atoms with Gasteiger partial charge < -0.3 is 14.2 Å². The Morgan fingerprint density at radius 1 is 1.03 bits per heavy atom. The molecule has 5 rings (SSSR count). The van der Waals surface area contributed by atoms with E-state index in [1.165, 1.54) is 5.56 Å². The van der Waals surface area contributed by atoms with Crippen LogP contribution in [0.1, 0.15) is 39.3 Å². The fraction of sp³-hybridized carbons (Fsp3) is 0.300. The van der Waals surface area contributed by atoms with Crippen molar-refractivity contribution in [1.82, 2.24) is 19.6 Å². The highest BCUT2D eigenvalue weighted by Crippen LogP contribution is 2.29. The zero-order valence-electron chi connectivity index (χ0n) is 21.3. The van der Waals surface area contributed by atoms with Gasteiger partial charge in [0.15, 0.2) is 0 Å². The largest absolute Gasteiger partial charge is 0.464 e. The standard InChI is InChI=1S/C30H32N4O3/c1-32-16-15-26(31-32)30(36)33(2)27(20-22-8-4-3-5-9-22)23-13-17-34(18-14-23)29(35)25-11-6-10-24(21-25)28-12-7-19-37-28/h3-12,15-16,19,21,23,27H,13-14,17-18,20H2,1-2H3/t27-/m0/s1. The van der Waals surface area contributed by atoms with Crippen molar-refractivity contribution in [2.24, 2.45) is 13.0 Å². The average molecular weight is 497 g/mol. The van der Waals surface area contributed by atoms with Crippen LogP contribution in [0.2, 0.25) is 0 Å². The lowest BCUT2D eigenvalue weighted by Crippen LogP contribution is -2.48. The minimum atomic E-state index is -0.0743. The lowest BCUT2D eigenvalue weighted by Gasteiger charge is -2.40. The molecule has 37 heavy (non-hydrogen) atoms. The summed E-state index contributed by atoms with van der Waals surface area (Å²) in [6.45, 7) is 1.32. The van der Waals surface area contributed by atoms with Gasteiger partial charge in [-0.2, -0.15) is 5.10 Å². The maximum absolute atomic E-state index is 13.3. The van der Waals surface area contributed by atoms with E-state index in [0.29, 0.717) is 24.3 Å². The summed E-state index contributed by atoms with van der Waals surface area (Å²) < 4.78 is 7.15. The number of hydrogen-bond donors (Lipinski definition) is 0. The highest BCUT2D eigenvalue weighted by Gasteiger charge is 2.34. The molecule has 1 aliphatic rings. The van der Waals surface area contributed by atoms with Crippen molar-refractivity contribution < 1.29 is 14.0 Å². The number of aromatic nitrogens is 2. The van der Waals surface area contributed by atoms with E-state index in [2.05, 4.69) is 17.2 Å². The molecule has 1 fully saturated rings. The monoisotopic (exact) mass is 496 g/mol. The van der Waals surface area contributed by atoms with Crippen molar-refractivity contribution >= 4 is 11.8 Å². The number of carbonyl (C=O) groups excluding carboxylic acids is 2. The summed E-state index contributed by atoms with van der Waals surface area (Å²) >= 11 is 0. The molecule has 2 aromatic heterocycles. The van der Waals surface area contributed by atoms with Crippen LogP contribution in [0.3, 0.4) is 0 Å². The van der Waals surface area contributed by atoms with Gasteiger partial charge in [-0.05, 0) is 61.1 Å². The molecule has 1 atom stereocenters. The molecule has 0 N–H and O–H groups in total. The number of amides is 2. The van der Waals surface area contributed by atoms with Crippen molar-refractivity contribution in [2.75, 3.05) is 20.1 Å². The molecular weight excluding hydrogens is 464 g/mol. The Labute approximate surface area is 217 Å². The number of rotatable bonds is 7. The molecule has 0 spiro atoms. The van der Waals surface area contributed by atoms with Crippen LogP contribution < -0.4 is 0 Å². The van der Waals surface area contributed by atoms with Gasteiger partial charge in [0.1, 0.15) is 11.5 Å². The third-order valence-corrected chi connectivity index (χ3v) is 7.32. The number of benzene rings is 2. The van der Waals surface area contributed by atoms with Crippen molar-refractivity contribution in [1.29, 1.82) is 0 Å². The number of nitrogens with zero attached hydrogens (tertiary/aromatic N) is 4. The van der Waals surface area contributed by atoms with Crippen LogP contribution in [0.25, 0.3) is 11.3 Å². The number of hydrogen-bond acceptors (Lipinski definition) is 4. The highest BCUT2D eigenvalue weighted by molar-refractivity contribution is 5.95. The first-order chi connectivity index (χ1) is 18.0. The number of likely N-dealkylation sites (tertiary alicyclic amines) is 1. The molecule has 0 aliphatic carbocycles. The molecule has 0 saturated carbocycles. The summed E-state index contributed by atoms with van der Waals surface area (Å²) in [6.07, 6.45) is 5.86. The van der Waals surface area contributed by atoms with E-state index in [1.54, 1.807) is 23.2 Å². The van der Waals surface area contributed by atoms with Crippen molar-refractivity contribution in [3.63, 3.8) is 0 Å². The topological polar surface area (TPSA) is 71.6 Å². The van der Waals surface area contributed by atoms with Crippen LogP contribution in [0.4, 0.5) is 0 Å². The van der Waals surface area contributed by atoms with Crippen molar-refractivity contribution in [2.45, 2.75) is 25.3 Å². The summed E-state index contributed by atoms with van der Waals surface area (Å²) in [5.41, 5.74) is 3.20. The Balaban J connectivity index is 1.30. The molecule has 0 bridgehead atoms. The first-order valence-corrected chi connectivity index (χ1v) is 12.7. The van der Waals surface area contributed by atoms with E-state index in [0.717, 1.165) is 30.6 Å². The molecule has 7 heteroatoms. The van der Waals surface area contributed by atoms with E-state index in [4.69, 9.17) is 4.42 Å². The average Bonchev–Trinajstić information content (AvgIpc) is 3.64. The molecule has 1 saturated heterocycles. The zero-order valence-corrected chi connectivity index (χ0v) is 21.3. The third kappa shape index (κ3) is 5.50. The van der Waals surface area contributed by atoms with Crippen LogP contribution in [0, 0.1) is 5.92 Å². The van der Waals surface area contributed by atoms with Crippen LogP contribution >= 0.6 is 0 Å². The normalized spacial score (nSPS) is 14.9. The van der Waals surface area contributed by atoms with Crippen LogP contribution in [-0.2, 0) is 13.5 Å². The predicted octanol–water partition coefficient (Wildman–Crippen LogP) is 4.92. The Morgan fingerprint density at radius 2 is 1.81 bits per heavy atom. The second-order valence-corrected chi connectivity index (χ2v) is 9.74. The number of piperidine rings is 1. The van der Waals surface area contributed by atoms with E-state index in [-0.39, 0.29) is 23.8 Å². The van der Waals surface area contributed by atoms with Crippen LogP contribution in [0.5, 0.6) is 0 Å². The van der Waals surface area contributed by atoms with Gasteiger partial charge in [-0.3, -0.25) is 14.3 Å². The Hall–Kier alpha value is -4.13. The SMILES string of the molecule is CN(C(=O)c1ccn(C)n1)[C@@H](Cc1ccccc1)C1CCN(C(=O)c2cccc(-c3ccco3)c2)CC1. The molecule has 0 unspecified atom stereocenters. The summed E-state index contributed by atoms with van der Waals surface area (Å²) in [7, 11) is 3.69. The van der Waals surface area contributed by atoms with E-state index in [1.807, 2.05) is 78.5 Å². The second-order valence-electron chi connectivity index (χ2n) is 9.74. The lowest BCUT2D eigenvalue weighted by atomic mass is 9.84. The van der Waals surface area contributed by atoms with Crippen LogP contribution in [0.15, 0.2) is 89.7 Å². The Bertz CT molecular complexity index is 1340. The van der Waals surface area contributed by atoms with E-state index >= 15 is 0 Å². The molecular formula is C30H32N4O3. The summed E-state index contributed by atoms with van der Waals surface area (Å²) in [5, 5.41) is 4.33. The van der Waals surface area contributed by atoms with Crippen LogP contribution in [-0.4, -0.2) is 57.6 Å². The maximum atomic E-state index is 13.3. The predicted molar refractivity (Wildman–Crippen MR) is 142 cm³/mol. The van der Waals surface area contributed by atoms with Gasteiger partial charge in [-0.15, -0.1) is 0 Å². The number of carbonyl (C=O) groups is 2. The maximum Gasteiger partial charge on any atom is 0.274 e. The number of aryl methyl sites for hydroxylation is 1. The smallest absolute Gasteiger partial charge is 0.274 e. The second kappa shape index (κ2) is 10.9. The van der Waals surface area contributed by atoms with Crippen molar-refractivity contribution in [3.05, 3.63) is 102 Å². The van der Waals surface area contributed by atoms with Gasteiger partial charge in [-0.1, -0.05) is 42.5 Å². The molecule has 0 radical (unpaired) electrons. The molecule has 7 nitrogen and oxygen atoms in total. The molecule has 4 aromatic rings. The molecule has 2 aromatic carbocycles. The molecule has 3 heterocycles. The Kier molecular flexibility index (Phi) is 7.21. The van der Waals surface area contributed by atoms with Gasteiger partial charge in [0, 0.05) is 50.6 Å². The van der Waals surface area contributed by atoms with Gasteiger partial charge in [0.05, 0.1) is 6.26 Å². The first-order valence-electron chi connectivity index (χ1n) is 12.7. The summed E-state index contributed by atoms with van der Waals surface area (Å²) in [6, 6.07) is 23.4. The molecule has 2 amide bonds.